The van der Waals surface area contributed by atoms with Crippen LogP contribution < -0.4 is 10.1 Å². The molecule has 4 heteroatoms. The second-order valence-electron chi connectivity index (χ2n) is 6.71. The van der Waals surface area contributed by atoms with Gasteiger partial charge in [-0.05, 0) is 63.8 Å². The number of alkyl halides is 1. The largest absolute Gasteiger partial charge is 0.488 e. The van der Waals surface area contributed by atoms with E-state index in [2.05, 4.69) is 56.2 Å². The molecule has 2 rings (SSSR count). The molecule has 0 bridgehead atoms. The van der Waals surface area contributed by atoms with Crippen LogP contribution in [0.15, 0.2) is 30.5 Å². The van der Waals surface area contributed by atoms with Crippen molar-refractivity contribution in [3.05, 3.63) is 52.8 Å². The van der Waals surface area contributed by atoms with Gasteiger partial charge in [0.2, 0.25) is 0 Å². The van der Waals surface area contributed by atoms with Gasteiger partial charge in [0.25, 0.3) is 0 Å². The second-order valence-corrected chi connectivity index (χ2v) is 7.08. The zero-order chi connectivity index (χ0) is 18.4. The van der Waals surface area contributed by atoms with Crippen molar-refractivity contribution in [2.75, 3.05) is 11.2 Å². The number of hydrogen-bond acceptors (Lipinski definition) is 3. The summed E-state index contributed by atoms with van der Waals surface area (Å²) < 4.78 is 6.46. The van der Waals surface area contributed by atoms with Gasteiger partial charge in [-0.3, -0.25) is 4.98 Å². The van der Waals surface area contributed by atoms with Crippen LogP contribution in [0.3, 0.4) is 0 Å². The lowest BCUT2D eigenvalue weighted by molar-refractivity contribution is 0.170. The molecule has 3 nitrogen and oxygen atoms in total. The van der Waals surface area contributed by atoms with Gasteiger partial charge in [0, 0.05) is 23.5 Å². The Bertz CT molecular complexity index is 679. The number of benzene rings is 1. The number of halogens is 1. The molecule has 1 aromatic heterocycles. The summed E-state index contributed by atoms with van der Waals surface area (Å²) >= 11 is 6.08. The predicted octanol–water partition coefficient (Wildman–Crippen LogP) is 5.58. The fraction of sp³-hybridized carbons (Fsp3) is 0.476. The maximum Gasteiger partial charge on any atom is 0.125 e. The number of pyridine rings is 1. The Labute approximate surface area is 156 Å². The summed E-state index contributed by atoms with van der Waals surface area (Å²) in [7, 11) is 0. The third kappa shape index (κ3) is 5.37. The Balaban J connectivity index is 2.23. The summed E-state index contributed by atoms with van der Waals surface area (Å²) in [5.41, 5.74) is 5.67. The highest BCUT2D eigenvalue weighted by molar-refractivity contribution is 6.17. The number of aromatic nitrogens is 1. The van der Waals surface area contributed by atoms with Crippen LogP contribution in [0.2, 0.25) is 0 Å². The molecule has 1 N–H and O–H groups in total. The van der Waals surface area contributed by atoms with E-state index < -0.39 is 0 Å². The highest BCUT2D eigenvalue weighted by Gasteiger charge is 2.23. The Hall–Kier alpha value is -1.74. The smallest absolute Gasteiger partial charge is 0.125 e. The van der Waals surface area contributed by atoms with Crippen LogP contribution in [0.4, 0.5) is 5.69 Å². The minimum atomic E-state index is 0.0103. The fourth-order valence-electron chi connectivity index (χ4n) is 3.26. The molecule has 0 fully saturated rings. The van der Waals surface area contributed by atoms with Gasteiger partial charge in [0.15, 0.2) is 0 Å². The van der Waals surface area contributed by atoms with E-state index >= 15 is 0 Å². The van der Waals surface area contributed by atoms with Crippen molar-refractivity contribution in [2.24, 2.45) is 0 Å². The maximum absolute atomic E-state index is 6.46. The van der Waals surface area contributed by atoms with E-state index in [1.54, 1.807) is 0 Å². The third-order valence-corrected chi connectivity index (χ3v) is 4.62. The quantitative estimate of drug-likeness (QED) is 0.624. The molecular formula is C21H29ClN2O. The van der Waals surface area contributed by atoms with Crippen LogP contribution in [0.25, 0.3) is 0 Å². The molecule has 1 heterocycles. The lowest BCUT2D eigenvalue weighted by Crippen LogP contribution is -2.38. The molecule has 136 valence electrons. The molecule has 0 amide bonds. The molecule has 2 atom stereocenters. The fourth-order valence-corrected chi connectivity index (χ4v) is 3.48. The van der Waals surface area contributed by atoms with Crippen molar-refractivity contribution in [3.63, 3.8) is 0 Å². The van der Waals surface area contributed by atoms with Gasteiger partial charge < -0.3 is 10.1 Å². The van der Waals surface area contributed by atoms with Crippen LogP contribution in [0.1, 0.15) is 42.1 Å². The lowest BCUT2D eigenvalue weighted by Gasteiger charge is -2.30. The third-order valence-electron chi connectivity index (χ3n) is 4.40. The van der Waals surface area contributed by atoms with E-state index in [4.69, 9.17) is 16.3 Å². The van der Waals surface area contributed by atoms with E-state index in [9.17, 15) is 0 Å². The van der Waals surface area contributed by atoms with Gasteiger partial charge in [0.05, 0.1) is 6.04 Å². The van der Waals surface area contributed by atoms with E-state index in [0.29, 0.717) is 5.88 Å². The van der Waals surface area contributed by atoms with Crippen LogP contribution in [0, 0.1) is 27.7 Å². The van der Waals surface area contributed by atoms with Gasteiger partial charge in [-0.25, -0.2) is 0 Å². The summed E-state index contributed by atoms with van der Waals surface area (Å²) in [4.78, 5) is 4.26. The summed E-state index contributed by atoms with van der Waals surface area (Å²) in [5.74, 6) is 1.55. The molecule has 25 heavy (non-hydrogen) atoms. The number of nitrogens with zero attached hydrogens (tertiary/aromatic N) is 1. The lowest BCUT2D eigenvalue weighted by atomic mass is 10.0. The first-order valence-electron chi connectivity index (χ1n) is 8.94. The molecule has 0 aliphatic heterocycles. The monoisotopic (exact) mass is 360 g/mol. The van der Waals surface area contributed by atoms with Gasteiger partial charge in [0.1, 0.15) is 11.9 Å². The van der Waals surface area contributed by atoms with Crippen molar-refractivity contribution in [2.45, 2.75) is 59.6 Å². The number of ether oxygens (including phenoxy) is 1. The van der Waals surface area contributed by atoms with Crippen LogP contribution in [-0.4, -0.2) is 23.0 Å². The number of nitrogens with one attached hydrogen (secondary N) is 1. The minimum Gasteiger partial charge on any atom is -0.488 e. The molecule has 0 radical (unpaired) electrons. The van der Waals surface area contributed by atoms with E-state index in [-0.39, 0.29) is 12.1 Å². The molecule has 0 aliphatic rings. The van der Waals surface area contributed by atoms with E-state index in [0.717, 1.165) is 30.0 Å². The summed E-state index contributed by atoms with van der Waals surface area (Å²) in [6.45, 7) is 10.5. The number of rotatable bonds is 8. The Kier molecular flexibility index (Phi) is 7.12. The SMILES string of the molecule is CCC(Nc1ccnc(C)c1)C(CCCl)Oc1c(C)cc(C)cc1C. The normalized spacial score (nSPS) is 13.4. The van der Waals surface area contributed by atoms with Gasteiger partial charge in [-0.15, -0.1) is 11.6 Å². The number of hydrogen-bond donors (Lipinski definition) is 1. The molecule has 1 aromatic carbocycles. The van der Waals surface area contributed by atoms with Crippen molar-refractivity contribution in [1.82, 2.24) is 4.98 Å². The Morgan fingerprint density at radius 2 is 1.80 bits per heavy atom. The molecule has 0 spiro atoms. The first kappa shape index (κ1) is 19.6. The van der Waals surface area contributed by atoms with Gasteiger partial charge >= 0.3 is 0 Å². The topological polar surface area (TPSA) is 34.2 Å². The highest BCUT2D eigenvalue weighted by Crippen LogP contribution is 2.28. The molecule has 2 unspecified atom stereocenters. The molecule has 0 saturated carbocycles. The highest BCUT2D eigenvalue weighted by atomic mass is 35.5. The van der Waals surface area contributed by atoms with Crippen LogP contribution in [0.5, 0.6) is 5.75 Å². The van der Waals surface area contributed by atoms with Crippen LogP contribution >= 0.6 is 11.6 Å². The van der Waals surface area contributed by atoms with Gasteiger partial charge in [-0.1, -0.05) is 24.6 Å². The zero-order valence-corrected chi connectivity index (χ0v) is 16.7. The maximum atomic E-state index is 6.46. The molecule has 0 saturated heterocycles. The summed E-state index contributed by atoms with van der Waals surface area (Å²) in [6, 6.07) is 8.57. The molecule has 0 aliphatic carbocycles. The first-order valence-corrected chi connectivity index (χ1v) is 9.47. The Morgan fingerprint density at radius 3 is 2.36 bits per heavy atom. The average molecular weight is 361 g/mol. The number of anilines is 1. The summed E-state index contributed by atoms with van der Waals surface area (Å²) in [6.07, 6.45) is 3.59. The van der Waals surface area contributed by atoms with Crippen molar-refractivity contribution in [1.29, 1.82) is 0 Å². The van der Waals surface area contributed by atoms with Crippen molar-refractivity contribution >= 4 is 17.3 Å². The zero-order valence-electron chi connectivity index (χ0n) is 15.9. The number of aryl methyl sites for hydroxylation is 4. The Morgan fingerprint density at radius 1 is 1.12 bits per heavy atom. The van der Waals surface area contributed by atoms with Crippen LogP contribution in [-0.2, 0) is 0 Å². The second kappa shape index (κ2) is 9.10. The summed E-state index contributed by atoms with van der Waals surface area (Å²) in [5, 5.41) is 3.60. The van der Waals surface area contributed by atoms with Crippen molar-refractivity contribution in [3.8, 4) is 5.75 Å². The van der Waals surface area contributed by atoms with E-state index in [1.165, 1.54) is 16.7 Å². The molecule has 2 aromatic rings. The van der Waals surface area contributed by atoms with E-state index in [1.807, 2.05) is 19.2 Å². The predicted molar refractivity (Wildman–Crippen MR) is 107 cm³/mol. The average Bonchev–Trinajstić information content (AvgIpc) is 2.55. The standard InChI is InChI=1S/C21H29ClN2O/c1-6-19(24-18-8-10-23-17(5)13-18)20(7-9-22)25-21-15(3)11-14(2)12-16(21)4/h8,10-13,19-20H,6-7,9H2,1-5H3,(H,23,24). The minimum absolute atomic E-state index is 0.0103. The molecular weight excluding hydrogens is 332 g/mol. The van der Waals surface area contributed by atoms with Gasteiger partial charge in [-0.2, -0.15) is 0 Å². The first-order chi connectivity index (χ1) is 11.9. The van der Waals surface area contributed by atoms with Crippen molar-refractivity contribution < 1.29 is 4.74 Å².